The summed E-state index contributed by atoms with van der Waals surface area (Å²) in [4.78, 5) is 27.4. The molecule has 1 fully saturated rings. The molecule has 0 aliphatic carbocycles. The molecule has 1 aromatic carbocycles. The first-order valence-corrected chi connectivity index (χ1v) is 10.1. The number of hydrogen-bond acceptors (Lipinski definition) is 3. The van der Waals surface area contributed by atoms with Crippen LogP contribution in [-0.2, 0) is 11.3 Å². The van der Waals surface area contributed by atoms with Crippen LogP contribution in [-0.4, -0.2) is 53.0 Å². The van der Waals surface area contributed by atoms with Crippen LogP contribution < -0.4 is 0 Å². The fourth-order valence-corrected chi connectivity index (χ4v) is 3.29. The number of amides is 1. The molecular weight excluding hydrogens is 340 g/mol. The second-order valence-electron chi connectivity index (χ2n) is 7.21. The highest BCUT2D eigenvalue weighted by Gasteiger charge is 2.19. The first-order valence-electron chi connectivity index (χ1n) is 10.1. The van der Waals surface area contributed by atoms with E-state index in [0.29, 0.717) is 5.56 Å². The van der Waals surface area contributed by atoms with Gasteiger partial charge in [0.05, 0.1) is 5.56 Å². The molecule has 2 rings (SSSR count). The highest BCUT2D eigenvalue weighted by molar-refractivity contribution is 5.88. The molecule has 0 bridgehead atoms. The Balaban J connectivity index is 1.66. The van der Waals surface area contributed by atoms with E-state index in [-0.39, 0.29) is 5.91 Å². The van der Waals surface area contributed by atoms with Gasteiger partial charge in [-0.1, -0.05) is 50.8 Å². The van der Waals surface area contributed by atoms with Crippen molar-refractivity contribution >= 4 is 11.9 Å². The molecule has 148 valence electrons. The molecule has 27 heavy (non-hydrogen) atoms. The maximum absolute atomic E-state index is 12.3. The van der Waals surface area contributed by atoms with Crippen molar-refractivity contribution in [3.63, 3.8) is 0 Å². The number of hydrogen-bond donors (Lipinski definition) is 1. The van der Waals surface area contributed by atoms with Gasteiger partial charge < -0.3 is 10.0 Å². The molecule has 0 radical (unpaired) electrons. The van der Waals surface area contributed by atoms with Crippen LogP contribution in [0.4, 0.5) is 0 Å². The van der Waals surface area contributed by atoms with Gasteiger partial charge in [-0.2, -0.15) is 0 Å². The zero-order valence-corrected chi connectivity index (χ0v) is 16.4. The van der Waals surface area contributed by atoms with Crippen molar-refractivity contribution in [1.29, 1.82) is 0 Å². The number of carboxylic acid groups (broad SMARTS) is 1. The van der Waals surface area contributed by atoms with E-state index in [2.05, 4.69) is 11.8 Å². The second kappa shape index (κ2) is 11.5. The lowest BCUT2D eigenvalue weighted by Gasteiger charge is -2.34. The summed E-state index contributed by atoms with van der Waals surface area (Å²) < 4.78 is 0. The SMILES string of the molecule is CCCCCCC/C=C/C(=O)N1CCN(Cc2ccc(C(=O)O)cc2)CC1. The molecule has 1 heterocycles. The normalized spacial score (nSPS) is 15.4. The van der Waals surface area contributed by atoms with Crippen LogP contribution in [0.1, 0.15) is 61.4 Å². The third-order valence-electron chi connectivity index (χ3n) is 5.03. The molecule has 0 saturated carbocycles. The summed E-state index contributed by atoms with van der Waals surface area (Å²) in [6, 6.07) is 7.02. The quantitative estimate of drug-likeness (QED) is 0.499. The molecule has 1 amide bonds. The van der Waals surface area contributed by atoms with E-state index in [9.17, 15) is 9.59 Å². The first-order chi connectivity index (χ1) is 13.1. The summed E-state index contributed by atoms with van der Waals surface area (Å²) in [5, 5.41) is 8.95. The monoisotopic (exact) mass is 372 g/mol. The van der Waals surface area contributed by atoms with Crippen molar-refractivity contribution in [2.24, 2.45) is 0 Å². The van der Waals surface area contributed by atoms with E-state index in [4.69, 9.17) is 5.11 Å². The summed E-state index contributed by atoms with van der Waals surface area (Å²) in [6.45, 7) is 6.18. The van der Waals surface area contributed by atoms with Crippen molar-refractivity contribution in [3.05, 3.63) is 47.5 Å². The van der Waals surface area contributed by atoms with Crippen LogP contribution in [0.25, 0.3) is 0 Å². The summed E-state index contributed by atoms with van der Waals surface area (Å²) >= 11 is 0. The van der Waals surface area contributed by atoms with Crippen molar-refractivity contribution < 1.29 is 14.7 Å². The number of unbranched alkanes of at least 4 members (excludes halogenated alkanes) is 5. The van der Waals surface area contributed by atoms with Gasteiger partial charge in [0.15, 0.2) is 0 Å². The predicted molar refractivity (Wildman–Crippen MR) is 108 cm³/mol. The van der Waals surface area contributed by atoms with Gasteiger partial charge in [-0.25, -0.2) is 4.79 Å². The highest BCUT2D eigenvalue weighted by Crippen LogP contribution is 2.11. The molecule has 1 N–H and O–H groups in total. The molecule has 0 unspecified atom stereocenters. The Morgan fingerprint density at radius 1 is 1.00 bits per heavy atom. The van der Waals surface area contributed by atoms with Gasteiger partial charge in [-0.15, -0.1) is 0 Å². The molecule has 5 heteroatoms. The fraction of sp³-hybridized carbons (Fsp3) is 0.545. The number of aromatic carboxylic acids is 1. The molecule has 0 spiro atoms. The summed E-state index contributed by atoms with van der Waals surface area (Å²) in [6.07, 6.45) is 11.0. The number of nitrogens with zero attached hydrogens (tertiary/aromatic N) is 2. The average Bonchev–Trinajstić information content (AvgIpc) is 2.68. The summed E-state index contributed by atoms with van der Waals surface area (Å²) in [5.41, 5.74) is 1.41. The Labute approximate surface area is 162 Å². The van der Waals surface area contributed by atoms with Crippen molar-refractivity contribution in [2.45, 2.75) is 52.0 Å². The van der Waals surface area contributed by atoms with Gasteiger partial charge in [0.1, 0.15) is 0 Å². The Morgan fingerprint density at radius 3 is 2.30 bits per heavy atom. The molecule has 1 saturated heterocycles. The molecule has 1 aliphatic rings. The lowest BCUT2D eigenvalue weighted by atomic mass is 10.1. The summed E-state index contributed by atoms with van der Waals surface area (Å²) in [5.74, 6) is -0.781. The minimum atomic E-state index is -0.900. The van der Waals surface area contributed by atoms with Gasteiger partial charge in [-0.3, -0.25) is 9.69 Å². The van der Waals surface area contributed by atoms with Gasteiger partial charge >= 0.3 is 5.97 Å². The van der Waals surface area contributed by atoms with E-state index in [1.54, 1.807) is 18.2 Å². The van der Waals surface area contributed by atoms with Crippen LogP contribution >= 0.6 is 0 Å². The third-order valence-corrected chi connectivity index (χ3v) is 5.03. The van der Waals surface area contributed by atoms with Crippen molar-refractivity contribution in [1.82, 2.24) is 9.80 Å². The Bertz CT molecular complexity index is 617. The van der Waals surface area contributed by atoms with Gasteiger partial charge in [-0.05, 0) is 36.6 Å². The van der Waals surface area contributed by atoms with E-state index in [1.165, 1.54) is 25.7 Å². The molecule has 0 aromatic heterocycles. The lowest BCUT2D eigenvalue weighted by Crippen LogP contribution is -2.47. The molecule has 1 aliphatic heterocycles. The van der Waals surface area contributed by atoms with Crippen LogP contribution in [0, 0.1) is 0 Å². The number of benzene rings is 1. The number of rotatable bonds is 10. The van der Waals surface area contributed by atoms with Crippen LogP contribution in [0.5, 0.6) is 0 Å². The van der Waals surface area contributed by atoms with E-state index >= 15 is 0 Å². The summed E-state index contributed by atoms with van der Waals surface area (Å²) in [7, 11) is 0. The predicted octanol–water partition coefficient (Wildman–Crippen LogP) is 3.95. The topological polar surface area (TPSA) is 60.9 Å². The number of carboxylic acids is 1. The largest absolute Gasteiger partial charge is 0.478 e. The smallest absolute Gasteiger partial charge is 0.335 e. The zero-order valence-electron chi connectivity index (χ0n) is 16.4. The van der Waals surface area contributed by atoms with Crippen LogP contribution in [0.3, 0.4) is 0 Å². The zero-order chi connectivity index (χ0) is 19.5. The molecule has 1 aromatic rings. The third kappa shape index (κ3) is 7.55. The van der Waals surface area contributed by atoms with E-state index in [1.807, 2.05) is 23.1 Å². The maximum atomic E-state index is 12.3. The Hall–Kier alpha value is -2.14. The van der Waals surface area contributed by atoms with E-state index < -0.39 is 5.97 Å². The fourth-order valence-electron chi connectivity index (χ4n) is 3.29. The molecule has 0 atom stereocenters. The van der Waals surface area contributed by atoms with Gasteiger partial charge in [0.2, 0.25) is 5.91 Å². The number of carbonyl (C=O) groups is 2. The van der Waals surface area contributed by atoms with Crippen molar-refractivity contribution in [2.75, 3.05) is 26.2 Å². The first kappa shape index (κ1) is 21.2. The van der Waals surface area contributed by atoms with E-state index in [0.717, 1.165) is 51.1 Å². The Kier molecular flexibility index (Phi) is 9.05. The van der Waals surface area contributed by atoms with Crippen molar-refractivity contribution in [3.8, 4) is 0 Å². The highest BCUT2D eigenvalue weighted by atomic mass is 16.4. The van der Waals surface area contributed by atoms with Gasteiger partial charge in [0, 0.05) is 32.7 Å². The number of carbonyl (C=O) groups excluding carboxylic acids is 1. The van der Waals surface area contributed by atoms with Crippen LogP contribution in [0.2, 0.25) is 0 Å². The number of allylic oxidation sites excluding steroid dienone is 1. The Morgan fingerprint density at radius 2 is 1.67 bits per heavy atom. The average molecular weight is 373 g/mol. The maximum Gasteiger partial charge on any atom is 0.335 e. The lowest BCUT2D eigenvalue weighted by molar-refractivity contribution is -0.127. The van der Waals surface area contributed by atoms with Crippen LogP contribution in [0.15, 0.2) is 36.4 Å². The minimum absolute atomic E-state index is 0.119. The minimum Gasteiger partial charge on any atom is -0.478 e. The molecular formula is C22H32N2O3. The second-order valence-corrected chi connectivity index (χ2v) is 7.21. The number of piperazine rings is 1. The molecule has 5 nitrogen and oxygen atoms in total. The standard InChI is InChI=1S/C22H32N2O3/c1-2-3-4-5-6-7-8-9-21(25)24-16-14-23(15-17-24)18-19-10-12-20(13-11-19)22(26)27/h8-13H,2-7,14-18H2,1H3,(H,26,27)/b9-8+. The van der Waals surface area contributed by atoms with Gasteiger partial charge in [0.25, 0.3) is 0 Å².